The molecule has 0 bridgehead atoms. The predicted octanol–water partition coefficient (Wildman–Crippen LogP) is 4.11. The van der Waals surface area contributed by atoms with Gasteiger partial charge in [-0.25, -0.2) is 0 Å². The van der Waals surface area contributed by atoms with Crippen LogP contribution in [0.15, 0.2) is 33.8 Å². The summed E-state index contributed by atoms with van der Waals surface area (Å²) in [4.78, 5) is 2.79. The van der Waals surface area contributed by atoms with Gasteiger partial charge in [0, 0.05) is 10.3 Å². The van der Waals surface area contributed by atoms with Crippen molar-refractivity contribution in [3.63, 3.8) is 0 Å². The number of para-hydroxylation sites is 1. The molecule has 1 atom stereocenters. The Morgan fingerprint density at radius 2 is 2.13 bits per heavy atom. The first-order chi connectivity index (χ1) is 7.24. The quantitative estimate of drug-likeness (QED) is 0.409. The molecule has 15 heavy (non-hydrogen) atoms. The Kier molecular flexibility index (Phi) is 2.35. The Balaban J connectivity index is 2.62. The molecule has 0 unspecified atom stereocenters. The monoisotopic (exact) mass is 201 g/mol. The molecule has 0 saturated heterocycles. The summed E-state index contributed by atoms with van der Waals surface area (Å²) in [5.74, 6) is 0.744. The van der Waals surface area contributed by atoms with E-state index in [1.165, 1.54) is 0 Å². The first-order valence-corrected chi connectivity index (χ1v) is 4.76. The van der Waals surface area contributed by atoms with Crippen LogP contribution in [0.25, 0.3) is 21.4 Å². The van der Waals surface area contributed by atoms with Crippen LogP contribution in [0.4, 0.5) is 0 Å². The molecular formula is C11H11N3O. The summed E-state index contributed by atoms with van der Waals surface area (Å²) < 4.78 is 5.65. The van der Waals surface area contributed by atoms with Crippen LogP contribution in [0.2, 0.25) is 0 Å². The third-order valence-electron chi connectivity index (χ3n) is 2.48. The number of nitrogens with zero attached hydrogens (tertiary/aromatic N) is 3. The molecule has 0 aliphatic rings. The van der Waals surface area contributed by atoms with Gasteiger partial charge in [0.1, 0.15) is 11.3 Å². The van der Waals surface area contributed by atoms with E-state index in [0.29, 0.717) is 0 Å². The minimum absolute atomic E-state index is 0.262. The van der Waals surface area contributed by atoms with E-state index in [9.17, 15) is 0 Å². The average Bonchev–Trinajstić information content (AvgIpc) is 2.57. The van der Waals surface area contributed by atoms with Crippen LogP contribution in [0.5, 0.6) is 0 Å². The van der Waals surface area contributed by atoms with Gasteiger partial charge < -0.3 is 4.42 Å². The van der Waals surface area contributed by atoms with Crippen molar-refractivity contribution in [2.75, 3.05) is 0 Å². The fourth-order valence-corrected chi connectivity index (χ4v) is 1.72. The molecule has 76 valence electrons. The van der Waals surface area contributed by atoms with Crippen LogP contribution in [0, 0.1) is 6.92 Å². The first-order valence-electron chi connectivity index (χ1n) is 4.76. The number of aryl methyl sites for hydroxylation is 1. The molecule has 0 N–H and O–H groups in total. The maximum atomic E-state index is 8.38. The van der Waals surface area contributed by atoms with Crippen molar-refractivity contribution in [2.45, 2.75) is 19.9 Å². The summed E-state index contributed by atoms with van der Waals surface area (Å²) in [5.41, 5.74) is 10.3. The number of benzene rings is 1. The number of fused-ring (bicyclic) bond motifs is 1. The van der Waals surface area contributed by atoms with Gasteiger partial charge in [0.15, 0.2) is 0 Å². The second-order valence-corrected chi connectivity index (χ2v) is 3.47. The Morgan fingerprint density at radius 1 is 1.40 bits per heavy atom. The minimum Gasteiger partial charge on any atom is -0.460 e. The van der Waals surface area contributed by atoms with Crippen molar-refractivity contribution in [1.82, 2.24) is 0 Å². The molecule has 0 spiro atoms. The Hall–Kier alpha value is -1.93. The van der Waals surface area contributed by atoms with Crippen molar-refractivity contribution < 1.29 is 4.42 Å². The maximum absolute atomic E-state index is 8.38. The molecule has 4 nitrogen and oxygen atoms in total. The lowest BCUT2D eigenvalue weighted by Gasteiger charge is -2.00. The topological polar surface area (TPSA) is 61.9 Å². The van der Waals surface area contributed by atoms with E-state index in [2.05, 4.69) is 10.0 Å². The second-order valence-electron chi connectivity index (χ2n) is 3.47. The van der Waals surface area contributed by atoms with Crippen molar-refractivity contribution in [2.24, 2.45) is 5.11 Å². The molecular weight excluding hydrogens is 190 g/mol. The van der Waals surface area contributed by atoms with E-state index in [1.807, 2.05) is 38.1 Å². The van der Waals surface area contributed by atoms with Crippen LogP contribution in [0.1, 0.15) is 24.3 Å². The van der Waals surface area contributed by atoms with Gasteiger partial charge in [0.25, 0.3) is 0 Å². The molecule has 0 fully saturated rings. The molecule has 0 radical (unpaired) electrons. The SMILES string of the molecule is Cc1c([C@@H](C)N=[N+]=[N-])oc2ccccc12. The zero-order chi connectivity index (χ0) is 10.8. The summed E-state index contributed by atoms with van der Waals surface area (Å²) in [6.07, 6.45) is 0. The van der Waals surface area contributed by atoms with Crippen molar-refractivity contribution >= 4 is 11.0 Å². The van der Waals surface area contributed by atoms with Gasteiger partial charge in [0.05, 0.1) is 6.04 Å². The lowest BCUT2D eigenvalue weighted by molar-refractivity contribution is 0.508. The van der Waals surface area contributed by atoms with Gasteiger partial charge in [-0.3, -0.25) is 0 Å². The summed E-state index contributed by atoms with van der Waals surface area (Å²) in [6, 6.07) is 7.54. The number of hydrogen-bond acceptors (Lipinski definition) is 2. The number of hydrogen-bond donors (Lipinski definition) is 0. The second kappa shape index (κ2) is 3.67. The van der Waals surface area contributed by atoms with E-state index in [4.69, 9.17) is 9.95 Å². The minimum atomic E-state index is -0.262. The Morgan fingerprint density at radius 3 is 2.80 bits per heavy atom. The highest BCUT2D eigenvalue weighted by Crippen LogP contribution is 2.30. The molecule has 1 aromatic heterocycles. The summed E-state index contributed by atoms with van der Waals surface area (Å²) in [5, 5.41) is 4.71. The van der Waals surface area contributed by atoms with E-state index in [0.717, 1.165) is 22.3 Å². The molecule has 2 rings (SSSR count). The number of azide groups is 1. The molecule has 0 amide bonds. The molecule has 2 aromatic rings. The molecule has 4 heteroatoms. The van der Waals surface area contributed by atoms with Crippen LogP contribution in [0.3, 0.4) is 0 Å². The molecule has 0 aliphatic carbocycles. The molecule has 0 aliphatic heterocycles. The van der Waals surface area contributed by atoms with Gasteiger partial charge in [0.2, 0.25) is 0 Å². The van der Waals surface area contributed by atoms with Gasteiger partial charge in [-0.05, 0) is 31.0 Å². The summed E-state index contributed by atoms with van der Waals surface area (Å²) in [6.45, 7) is 3.80. The zero-order valence-corrected chi connectivity index (χ0v) is 8.64. The zero-order valence-electron chi connectivity index (χ0n) is 8.64. The smallest absolute Gasteiger partial charge is 0.134 e. The van der Waals surface area contributed by atoms with E-state index >= 15 is 0 Å². The van der Waals surface area contributed by atoms with Crippen LogP contribution in [-0.4, -0.2) is 0 Å². The number of furan rings is 1. The van der Waals surface area contributed by atoms with E-state index in [-0.39, 0.29) is 6.04 Å². The Bertz CT molecular complexity index is 538. The highest BCUT2D eigenvalue weighted by Gasteiger charge is 2.14. The highest BCUT2D eigenvalue weighted by molar-refractivity contribution is 5.82. The predicted molar refractivity (Wildman–Crippen MR) is 58.5 cm³/mol. The fourth-order valence-electron chi connectivity index (χ4n) is 1.72. The van der Waals surface area contributed by atoms with Crippen LogP contribution in [-0.2, 0) is 0 Å². The maximum Gasteiger partial charge on any atom is 0.134 e. The number of rotatable bonds is 2. The summed E-state index contributed by atoms with van der Waals surface area (Å²) >= 11 is 0. The molecule has 1 aromatic carbocycles. The lowest BCUT2D eigenvalue weighted by atomic mass is 10.1. The molecule has 1 heterocycles. The van der Waals surface area contributed by atoms with Gasteiger partial charge in [-0.15, -0.1) is 0 Å². The van der Waals surface area contributed by atoms with Crippen LogP contribution >= 0.6 is 0 Å². The van der Waals surface area contributed by atoms with Crippen molar-refractivity contribution in [3.05, 3.63) is 46.0 Å². The largest absolute Gasteiger partial charge is 0.460 e. The third-order valence-corrected chi connectivity index (χ3v) is 2.48. The third kappa shape index (κ3) is 1.55. The van der Waals surface area contributed by atoms with Crippen molar-refractivity contribution in [1.29, 1.82) is 0 Å². The van der Waals surface area contributed by atoms with Crippen LogP contribution < -0.4 is 0 Å². The summed E-state index contributed by atoms with van der Waals surface area (Å²) in [7, 11) is 0. The fraction of sp³-hybridized carbons (Fsp3) is 0.273. The van der Waals surface area contributed by atoms with Crippen molar-refractivity contribution in [3.8, 4) is 0 Å². The van der Waals surface area contributed by atoms with E-state index < -0.39 is 0 Å². The van der Waals surface area contributed by atoms with Gasteiger partial charge >= 0.3 is 0 Å². The standard InChI is InChI=1S/C11H11N3O/c1-7-9-5-3-4-6-10(9)15-11(7)8(2)13-14-12/h3-6,8H,1-2H3/t8-/m1/s1. The van der Waals surface area contributed by atoms with Gasteiger partial charge in [-0.1, -0.05) is 23.3 Å². The Labute approximate surface area is 87.1 Å². The molecule has 0 saturated carbocycles. The first kappa shape index (κ1) is 9.62. The lowest BCUT2D eigenvalue weighted by Crippen LogP contribution is -1.87. The highest BCUT2D eigenvalue weighted by atomic mass is 16.3. The van der Waals surface area contributed by atoms with E-state index in [1.54, 1.807) is 0 Å². The van der Waals surface area contributed by atoms with Gasteiger partial charge in [-0.2, -0.15) is 0 Å². The normalized spacial score (nSPS) is 12.4. The average molecular weight is 201 g/mol.